The van der Waals surface area contributed by atoms with Crippen molar-refractivity contribution in [3.05, 3.63) is 70.6 Å². The molecule has 1 atom stereocenters. The highest BCUT2D eigenvalue weighted by molar-refractivity contribution is 6.31. The number of alkyl halides is 3. The Labute approximate surface area is 206 Å². The lowest BCUT2D eigenvalue weighted by Gasteiger charge is -2.14. The van der Waals surface area contributed by atoms with E-state index in [0.717, 1.165) is 12.1 Å². The Hall–Kier alpha value is -4.26. The van der Waals surface area contributed by atoms with Gasteiger partial charge in [-0.25, -0.2) is 19.6 Å². The van der Waals surface area contributed by atoms with Gasteiger partial charge in [-0.05, 0) is 35.9 Å². The zero-order valence-electron chi connectivity index (χ0n) is 18.1. The average molecular weight is 518 g/mol. The van der Waals surface area contributed by atoms with E-state index in [2.05, 4.69) is 30.8 Å². The molecule has 1 saturated heterocycles. The summed E-state index contributed by atoms with van der Waals surface area (Å²) in [6.07, 6.45) is -3.85. The molecular weight excluding hydrogens is 503 g/mol. The highest BCUT2D eigenvalue weighted by Crippen LogP contribution is 2.43. The van der Waals surface area contributed by atoms with Crippen molar-refractivity contribution in [2.45, 2.75) is 12.2 Å². The van der Waals surface area contributed by atoms with E-state index in [0.29, 0.717) is 35.0 Å². The van der Waals surface area contributed by atoms with Crippen molar-refractivity contribution < 1.29 is 27.5 Å². The summed E-state index contributed by atoms with van der Waals surface area (Å²) in [6, 6.07) is 8.40. The molecule has 2 aliphatic rings. The van der Waals surface area contributed by atoms with Crippen LogP contribution in [-0.4, -0.2) is 35.2 Å². The van der Waals surface area contributed by atoms with Crippen molar-refractivity contribution in [3.63, 3.8) is 0 Å². The van der Waals surface area contributed by atoms with Crippen LogP contribution in [0, 0.1) is 0 Å². The molecule has 0 radical (unpaired) electrons. The van der Waals surface area contributed by atoms with Crippen LogP contribution in [0.3, 0.4) is 0 Å². The molecule has 5 rings (SSSR count). The molecule has 3 heterocycles. The quantitative estimate of drug-likeness (QED) is 0.444. The highest BCUT2D eigenvalue weighted by atomic mass is 35.5. The number of halogens is 4. The number of nitrogens with zero attached hydrogens (tertiary/aromatic N) is 5. The van der Waals surface area contributed by atoms with E-state index in [1.165, 1.54) is 17.3 Å². The van der Waals surface area contributed by atoms with E-state index in [4.69, 9.17) is 16.3 Å². The first-order valence-electron chi connectivity index (χ1n) is 10.5. The molecule has 2 aliphatic heterocycles. The summed E-state index contributed by atoms with van der Waals surface area (Å²) < 4.78 is 44.1. The molecule has 2 N–H and O–H groups in total. The predicted molar refractivity (Wildman–Crippen MR) is 123 cm³/mol. The minimum atomic E-state index is -4.65. The fourth-order valence-electron chi connectivity index (χ4n) is 3.72. The first-order valence-corrected chi connectivity index (χ1v) is 10.8. The number of azo groups is 1. The van der Waals surface area contributed by atoms with Crippen molar-refractivity contribution in [1.82, 2.24) is 9.97 Å². The summed E-state index contributed by atoms with van der Waals surface area (Å²) in [5, 5.41) is 12.9. The summed E-state index contributed by atoms with van der Waals surface area (Å²) in [6.45, 7) is 0.597. The maximum atomic E-state index is 13.0. The molecule has 3 amide bonds. The lowest BCUT2D eigenvalue weighted by molar-refractivity contribution is -0.137. The second kappa shape index (κ2) is 9.07. The standard InChI is InChI=1S/C22H15ClF3N7O3/c23-15-6-5-13(9-14(15)22(24,25)26)30-20(34)29-12-3-1-11(2-4-12)16-17-18(32-31-16)19(28-10-27-17)33-7-8-36-21(33)35/h1-6,9-10,16H,7-8H2,(H2,29,30,34). The number of carbonyl (C=O) groups excluding carboxylic acids is 2. The van der Waals surface area contributed by atoms with E-state index in [-0.39, 0.29) is 12.3 Å². The largest absolute Gasteiger partial charge is 0.447 e. The molecule has 0 spiro atoms. The summed E-state index contributed by atoms with van der Waals surface area (Å²) in [7, 11) is 0. The van der Waals surface area contributed by atoms with Crippen molar-refractivity contribution in [2.75, 3.05) is 28.7 Å². The number of benzene rings is 2. The first-order chi connectivity index (χ1) is 17.2. The van der Waals surface area contributed by atoms with Crippen LogP contribution in [0.2, 0.25) is 5.02 Å². The Balaban J connectivity index is 1.28. The Bertz CT molecular complexity index is 1380. The average Bonchev–Trinajstić information content (AvgIpc) is 3.46. The van der Waals surface area contributed by atoms with Gasteiger partial charge in [-0.3, -0.25) is 4.90 Å². The number of urea groups is 1. The number of aromatic nitrogens is 2. The number of rotatable bonds is 4. The molecule has 0 bridgehead atoms. The molecule has 0 aliphatic carbocycles. The normalized spacial score (nSPS) is 16.6. The van der Waals surface area contributed by atoms with Crippen LogP contribution in [0.4, 0.5) is 45.6 Å². The molecular formula is C22H15ClF3N7O3. The minimum Gasteiger partial charge on any atom is -0.447 e. The Morgan fingerprint density at radius 2 is 1.81 bits per heavy atom. The summed E-state index contributed by atoms with van der Waals surface area (Å²) in [4.78, 5) is 34.0. The van der Waals surface area contributed by atoms with Gasteiger partial charge >= 0.3 is 18.3 Å². The van der Waals surface area contributed by atoms with Gasteiger partial charge in [-0.1, -0.05) is 23.7 Å². The van der Waals surface area contributed by atoms with Gasteiger partial charge in [0.1, 0.15) is 24.7 Å². The topological polar surface area (TPSA) is 121 Å². The maximum Gasteiger partial charge on any atom is 0.417 e. The fourth-order valence-corrected chi connectivity index (χ4v) is 3.94. The van der Waals surface area contributed by atoms with Crippen molar-refractivity contribution >= 4 is 46.6 Å². The van der Waals surface area contributed by atoms with E-state index in [1.807, 2.05) is 0 Å². The van der Waals surface area contributed by atoms with Gasteiger partial charge in [0.2, 0.25) is 0 Å². The van der Waals surface area contributed by atoms with E-state index in [9.17, 15) is 22.8 Å². The van der Waals surface area contributed by atoms with E-state index < -0.39 is 34.9 Å². The molecule has 0 saturated carbocycles. The number of hydrogen-bond acceptors (Lipinski definition) is 7. The van der Waals surface area contributed by atoms with Crippen LogP contribution in [-0.2, 0) is 10.9 Å². The minimum absolute atomic E-state index is 0.0683. The van der Waals surface area contributed by atoms with Crippen LogP contribution >= 0.6 is 11.6 Å². The predicted octanol–water partition coefficient (Wildman–Crippen LogP) is 5.94. The van der Waals surface area contributed by atoms with Gasteiger partial charge in [0.05, 0.1) is 17.1 Å². The Morgan fingerprint density at radius 3 is 2.50 bits per heavy atom. The van der Waals surface area contributed by atoms with Crippen LogP contribution in [0.25, 0.3) is 0 Å². The Morgan fingerprint density at radius 1 is 1.08 bits per heavy atom. The molecule has 1 unspecified atom stereocenters. The zero-order chi connectivity index (χ0) is 25.4. The van der Waals surface area contributed by atoms with Crippen LogP contribution in [0.1, 0.15) is 22.9 Å². The van der Waals surface area contributed by atoms with Gasteiger partial charge in [0.25, 0.3) is 0 Å². The lowest BCUT2D eigenvalue weighted by Crippen LogP contribution is -2.24. The third kappa shape index (κ3) is 4.52. The van der Waals surface area contributed by atoms with Gasteiger partial charge in [0, 0.05) is 11.4 Å². The third-order valence-corrected chi connectivity index (χ3v) is 5.72. The van der Waals surface area contributed by atoms with Crippen molar-refractivity contribution in [1.29, 1.82) is 0 Å². The van der Waals surface area contributed by atoms with Gasteiger partial charge in [0.15, 0.2) is 11.5 Å². The number of ether oxygens (including phenoxy) is 1. The number of cyclic esters (lactones) is 1. The molecule has 184 valence electrons. The van der Waals surface area contributed by atoms with E-state index in [1.54, 1.807) is 24.3 Å². The van der Waals surface area contributed by atoms with Gasteiger partial charge < -0.3 is 15.4 Å². The summed E-state index contributed by atoms with van der Waals surface area (Å²) in [5.74, 6) is 0.319. The van der Waals surface area contributed by atoms with E-state index >= 15 is 0 Å². The first kappa shape index (κ1) is 23.5. The number of carbonyl (C=O) groups is 2. The third-order valence-electron chi connectivity index (χ3n) is 5.39. The zero-order valence-corrected chi connectivity index (χ0v) is 18.8. The van der Waals surface area contributed by atoms with Gasteiger partial charge in [-0.15, -0.1) is 5.11 Å². The second-order valence-electron chi connectivity index (χ2n) is 7.71. The number of nitrogens with one attached hydrogen (secondary N) is 2. The molecule has 36 heavy (non-hydrogen) atoms. The number of fused-ring (bicyclic) bond motifs is 1. The molecule has 1 aromatic heterocycles. The van der Waals surface area contributed by atoms with Crippen LogP contribution < -0.4 is 15.5 Å². The van der Waals surface area contributed by atoms with Crippen molar-refractivity contribution in [3.8, 4) is 0 Å². The molecule has 3 aromatic rings. The SMILES string of the molecule is O=C(Nc1ccc(C2N=Nc3c2ncnc3N2CCOC2=O)cc1)Nc1ccc(Cl)c(C(F)(F)F)c1. The lowest BCUT2D eigenvalue weighted by atomic mass is 10.0. The maximum absolute atomic E-state index is 13.0. The number of anilines is 3. The molecule has 10 nitrogen and oxygen atoms in total. The number of amides is 3. The highest BCUT2D eigenvalue weighted by Gasteiger charge is 2.34. The fraction of sp³-hybridized carbons (Fsp3) is 0.182. The van der Waals surface area contributed by atoms with Crippen LogP contribution in [0.15, 0.2) is 59.0 Å². The number of hydrogen-bond donors (Lipinski definition) is 2. The summed E-state index contributed by atoms with van der Waals surface area (Å²) in [5.41, 5.74) is 0.877. The monoisotopic (exact) mass is 517 g/mol. The molecule has 1 fully saturated rings. The van der Waals surface area contributed by atoms with Gasteiger partial charge in [-0.2, -0.15) is 18.3 Å². The van der Waals surface area contributed by atoms with Crippen LogP contribution in [0.5, 0.6) is 0 Å². The molecule has 14 heteroatoms. The Kier molecular flexibility index (Phi) is 5.92. The summed E-state index contributed by atoms with van der Waals surface area (Å²) >= 11 is 5.60. The molecule has 2 aromatic carbocycles. The van der Waals surface area contributed by atoms with Crippen molar-refractivity contribution in [2.24, 2.45) is 10.2 Å². The second-order valence-corrected chi connectivity index (χ2v) is 8.12. The smallest absolute Gasteiger partial charge is 0.417 e.